The zero-order valence-corrected chi connectivity index (χ0v) is 7.99. The molecule has 14 heavy (non-hydrogen) atoms. The molecule has 0 aromatic heterocycles. The zero-order chi connectivity index (χ0) is 9.97. The van der Waals surface area contributed by atoms with Gasteiger partial charge in [0.25, 0.3) is 0 Å². The first-order chi connectivity index (χ1) is 6.81. The summed E-state index contributed by atoms with van der Waals surface area (Å²) in [5.74, 6) is 1.11. The Morgan fingerprint density at radius 1 is 1.64 bits per heavy atom. The van der Waals surface area contributed by atoms with E-state index in [2.05, 4.69) is 4.74 Å². The van der Waals surface area contributed by atoms with Gasteiger partial charge in [-0.25, -0.2) is 4.79 Å². The first-order valence-electron chi connectivity index (χ1n) is 4.58. The van der Waals surface area contributed by atoms with Crippen molar-refractivity contribution in [3.8, 4) is 0 Å². The minimum absolute atomic E-state index is 0.249. The van der Waals surface area contributed by atoms with Crippen molar-refractivity contribution in [2.75, 3.05) is 13.7 Å². The summed E-state index contributed by atoms with van der Waals surface area (Å²) in [4.78, 5) is 11.2. The van der Waals surface area contributed by atoms with E-state index >= 15 is 0 Å². The zero-order valence-electron chi connectivity index (χ0n) is 7.99. The lowest BCUT2D eigenvalue weighted by Gasteiger charge is -2.27. The molecule has 0 fully saturated rings. The van der Waals surface area contributed by atoms with Crippen molar-refractivity contribution in [2.45, 2.75) is 18.9 Å². The van der Waals surface area contributed by atoms with Crippen LogP contribution in [0.15, 0.2) is 23.7 Å². The van der Waals surface area contributed by atoms with Crippen LogP contribution in [0.1, 0.15) is 12.8 Å². The predicted molar refractivity (Wildman–Crippen MR) is 48.2 cm³/mol. The summed E-state index contributed by atoms with van der Waals surface area (Å²) in [6, 6.07) is 0. The fourth-order valence-electron chi connectivity index (χ4n) is 1.48. The topological polar surface area (TPSA) is 44.8 Å². The van der Waals surface area contributed by atoms with Crippen molar-refractivity contribution in [2.24, 2.45) is 0 Å². The summed E-state index contributed by atoms with van der Waals surface area (Å²) in [7, 11) is 1.34. The Morgan fingerprint density at radius 2 is 2.50 bits per heavy atom. The van der Waals surface area contributed by atoms with E-state index in [1.165, 1.54) is 7.11 Å². The Kier molecular flexibility index (Phi) is 2.43. The standard InChI is InChI=1S/C10H12O4/c1-12-10(11)9-6-13-7-4-2-3-5-8(7)14-9/h3,5,9H,2,4,6H2,1H3. The molecule has 4 heteroatoms. The van der Waals surface area contributed by atoms with E-state index in [4.69, 9.17) is 9.47 Å². The molecule has 1 aliphatic heterocycles. The minimum Gasteiger partial charge on any atom is -0.490 e. The molecular weight excluding hydrogens is 184 g/mol. The van der Waals surface area contributed by atoms with E-state index in [0.29, 0.717) is 5.76 Å². The number of ether oxygens (including phenoxy) is 3. The fraction of sp³-hybridized carbons (Fsp3) is 0.500. The van der Waals surface area contributed by atoms with Crippen molar-refractivity contribution in [3.63, 3.8) is 0 Å². The highest BCUT2D eigenvalue weighted by atomic mass is 16.6. The number of methoxy groups -OCH3 is 1. The Labute approximate surface area is 82.1 Å². The van der Waals surface area contributed by atoms with Crippen LogP contribution in [0.4, 0.5) is 0 Å². The van der Waals surface area contributed by atoms with Crippen LogP contribution in [-0.2, 0) is 19.0 Å². The van der Waals surface area contributed by atoms with Gasteiger partial charge in [-0.3, -0.25) is 0 Å². The predicted octanol–water partition coefficient (Wildman–Crippen LogP) is 1.14. The van der Waals surface area contributed by atoms with Crippen molar-refractivity contribution < 1.29 is 19.0 Å². The maximum atomic E-state index is 11.2. The van der Waals surface area contributed by atoms with Gasteiger partial charge in [-0.15, -0.1) is 0 Å². The Balaban J connectivity index is 2.09. The van der Waals surface area contributed by atoms with Gasteiger partial charge < -0.3 is 14.2 Å². The van der Waals surface area contributed by atoms with E-state index in [-0.39, 0.29) is 6.61 Å². The van der Waals surface area contributed by atoms with Gasteiger partial charge in [0.15, 0.2) is 5.76 Å². The SMILES string of the molecule is COC(=O)C1COC2=C(C=CCC2)O1. The van der Waals surface area contributed by atoms with Crippen LogP contribution in [0.25, 0.3) is 0 Å². The maximum absolute atomic E-state index is 11.2. The van der Waals surface area contributed by atoms with Gasteiger partial charge in [0.2, 0.25) is 6.10 Å². The highest BCUT2D eigenvalue weighted by Gasteiger charge is 2.29. The van der Waals surface area contributed by atoms with Crippen LogP contribution in [0.2, 0.25) is 0 Å². The quantitative estimate of drug-likeness (QED) is 0.590. The summed E-state index contributed by atoms with van der Waals surface area (Å²) in [6.45, 7) is 0.249. The van der Waals surface area contributed by atoms with E-state index in [9.17, 15) is 4.79 Å². The van der Waals surface area contributed by atoms with Crippen molar-refractivity contribution in [1.29, 1.82) is 0 Å². The van der Waals surface area contributed by atoms with Gasteiger partial charge in [-0.05, 0) is 12.5 Å². The van der Waals surface area contributed by atoms with E-state index in [1.54, 1.807) is 0 Å². The maximum Gasteiger partial charge on any atom is 0.350 e. The molecule has 0 aromatic rings. The average Bonchev–Trinajstić information content (AvgIpc) is 2.27. The molecule has 1 atom stereocenters. The highest BCUT2D eigenvalue weighted by Crippen LogP contribution is 2.26. The van der Waals surface area contributed by atoms with Crippen LogP contribution < -0.4 is 0 Å². The Hall–Kier alpha value is -1.45. The largest absolute Gasteiger partial charge is 0.490 e. The molecule has 0 spiro atoms. The monoisotopic (exact) mass is 196 g/mol. The van der Waals surface area contributed by atoms with E-state index in [1.807, 2.05) is 12.2 Å². The average molecular weight is 196 g/mol. The summed E-state index contributed by atoms with van der Waals surface area (Å²) >= 11 is 0. The lowest BCUT2D eigenvalue weighted by Crippen LogP contribution is -2.34. The lowest BCUT2D eigenvalue weighted by atomic mass is 10.1. The van der Waals surface area contributed by atoms with Crippen LogP contribution in [0.3, 0.4) is 0 Å². The van der Waals surface area contributed by atoms with Crippen LogP contribution in [0.5, 0.6) is 0 Å². The molecule has 4 nitrogen and oxygen atoms in total. The van der Waals surface area contributed by atoms with Gasteiger partial charge in [0, 0.05) is 6.42 Å². The molecule has 0 bridgehead atoms. The number of carbonyl (C=O) groups excluding carboxylic acids is 1. The first-order valence-corrected chi connectivity index (χ1v) is 4.58. The molecule has 0 N–H and O–H groups in total. The van der Waals surface area contributed by atoms with Crippen LogP contribution in [-0.4, -0.2) is 25.8 Å². The summed E-state index contributed by atoms with van der Waals surface area (Å²) < 4.78 is 15.4. The van der Waals surface area contributed by atoms with Gasteiger partial charge >= 0.3 is 5.97 Å². The van der Waals surface area contributed by atoms with Gasteiger partial charge in [0.1, 0.15) is 12.4 Å². The second-order valence-corrected chi connectivity index (χ2v) is 3.17. The number of hydrogen-bond donors (Lipinski definition) is 0. The summed E-state index contributed by atoms with van der Waals surface area (Å²) in [6.07, 6.45) is 5.03. The molecule has 1 aliphatic carbocycles. The third-order valence-corrected chi connectivity index (χ3v) is 2.22. The van der Waals surface area contributed by atoms with Crippen molar-refractivity contribution in [1.82, 2.24) is 0 Å². The summed E-state index contributed by atoms with van der Waals surface area (Å²) in [5.41, 5.74) is 0. The molecule has 0 saturated heterocycles. The fourth-order valence-corrected chi connectivity index (χ4v) is 1.48. The highest BCUT2D eigenvalue weighted by molar-refractivity contribution is 5.75. The van der Waals surface area contributed by atoms with Gasteiger partial charge in [0.05, 0.1) is 7.11 Å². The molecular formula is C10H12O4. The third-order valence-electron chi connectivity index (χ3n) is 2.22. The van der Waals surface area contributed by atoms with Crippen LogP contribution >= 0.6 is 0 Å². The number of hydrogen-bond acceptors (Lipinski definition) is 4. The minimum atomic E-state index is -0.624. The number of esters is 1. The smallest absolute Gasteiger partial charge is 0.350 e. The normalized spacial score (nSPS) is 24.8. The number of rotatable bonds is 1. The van der Waals surface area contributed by atoms with Gasteiger partial charge in [-0.1, -0.05) is 6.08 Å². The van der Waals surface area contributed by atoms with Gasteiger partial charge in [-0.2, -0.15) is 0 Å². The Bertz CT molecular complexity index is 303. The van der Waals surface area contributed by atoms with E-state index < -0.39 is 12.1 Å². The summed E-state index contributed by atoms with van der Waals surface area (Å²) in [5, 5.41) is 0. The molecule has 1 heterocycles. The molecule has 0 saturated carbocycles. The third kappa shape index (κ3) is 1.60. The molecule has 0 radical (unpaired) electrons. The first kappa shape index (κ1) is 9.12. The number of carbonyl (C=O) groups is 1. The second kappa shape index (κ2) is 3.74. The second-order valence-electron chi connectivity index (χ2n) is 3.17. The molecule has 2 rings (SSSR count). The molecule has 76 valence electrons. The molecule has 2 aliphatic rings. The molecule has 0 aromatic carbocycles. The Morgan fingerprint density at radius 3 is 3.29 bits per heavy atom. The van der Waals surface area contributed by atoms with E-state index in [0.717, 1.165) is 18.6 Å². The van der Waals surface area contributed by atoms with Crippen LogP contribution in [0, 0.1) is 0 Å². The lowest BCUT2D eigenvalue weighted by molar-refractivity contribution is -0.156. The number of allylic oxidation sites excluding steroid dienone is 3. The van der Waals surface area contributed by atoms with Crippen molar-refractivity contribution in [3.05, 3.63) is 23.7 Å². The molecule has 0 amide bonds. The molecule has 1 unspecified atom stereocenters. The van der Waals surface area contributed by atoms with Crippen molar-refractivity contribution >= 4 is 5.97 Å².